The molecule has 6 nitrogen and oxygen atoms in total. The maximum Gasteiger partial charge on any atom is 0.255 e. The van der Waals surface area contributed by atoms with Crippen molar-refractivity contribution >= 4 is 16.9 Å². The first-order chi connectivity index (χ1) is 12.6. The van der Waals surface area contributed by atoms with Crippen molar-refractivity contribution in [3.8, 4) is 0 Å². The van der Waals surface area contributed by atoms with E-state index in [9.17, 15) is 9.18 Å². The number of ether oxygens (including phenoxy) is 1. The summed E-state index contributed by atoms with van der Waals surface area (Å²) in [5, 5.41) is 0. The minimum Gasteiger partial charge on any atom is -0.365 e. The lowest BCUT2D eigenvalue weighted by atomic mass is 10.2. The normalized spacial score (nSPS) is 20.0. The fourth-order valence-corrected chi connectivity index (χ4v) is 3.24. The summed E-state index contributed by atoms with van der Waals surface area (Å²) in [4.78, 5) is 22.4. The Morgan fingerprint density at radius 3 is 2.88 bits per heavy atom. The molecule has 0 N–H and O–H groups in total. The number of likely N-dealkylation sites (tertiary alicyclic amines) is 1. The number of halogens is 1. The van der Waals surface area contributed by atoms with Gasteiger partial charge in [-0.15, -0.1) is 0 Å². The predicted octanol–water partition coefficient (Wildman–Crippen LogP) is 2.35. The third-order valence-corrected chi connectivity index (χ3v) is 4.70. The van der Waals surface area contributed by atoms with Gasteiger partial charge in [-0.2, -0.15) is 0 Å². The first kappa shape index (κ1) is 16.7. The smallest absolute Gasteiger partial charge is 0.255 e. The summed E-state index contributed by atoms with van der Waals surface area (Å²) < 4.78 is 22.1. The number of nitrogens with zero attached hydrogens (tertiary/aromatic N) is 4. The molecule has 2 aromatic heterocycles. The number of pyridine rings is 1. The molecule has 1 aromatic carbocycles. The van der Waals surface area contributed by atoms with E-state index in [1.807, 2.05) is 35.9 Å². The van der Waals surface area contributed by atoms with Gasteiger partial charge < -0.3 is 14.2 Å². The van der Waals surface area contributed by atoms with Crippen LogP contribution in [0.1, 0.15) is 16.2 Å². The quantitative estimate of drug-likeness (QED) is 0.722. The summed E-state index contributed by atoms with van der Waals surface area (Å²) in [5.74, 6) is 0.505. The molecule has 0 aliphatic carbocycles. The van der Waals surface area contributed by atoms with Crippen LogP contribution in [0.4, 0.5) is 4.39 Å². The molecule has 1 fully saturated rings. The molecule has 1 saturated heterocycles. The van der Waals surface area contributed by atoms with Crippen molar-refractivity contribution in [1.82, 2.24) is 19.4 Å². The minimum atomic E-state index is -1.22. The zero-order chi connectivity index (χ0) is 18.1. The molecule has 0 bridgehead atoms. The number of aromatic nitrogens is 3. The van der Waals surface area contributed by atoms with Gasteiger partial charge in [0.15, 0.2) is 0 Å². The second-order valence-electron chi connectivity index (χ2n) is 6.39. The van der Waals surface area contributed by atoms with Gasteiger partial charge in [-0.25, -0.2) is 9.37 Å². The highest BCUT2D eigenvalue weighted by Crippen LogP contribution is 2.21. The van der Waals surface area contributed by atoms with E-state index < -0.39 is 12.3 Å². The van der Waals surface area contributed by atoms with Gasteiger partial charge in [0.2, 0.25) is 0 Å². The molecular formula is C19H19FN4O2. The summed E-state index contributed by atoms with van der Waals surface area (Å²) in [6.45, 7) is 0.449. The van der Waals surface area contributed by atoms with Crippen molar-refractivity contribution in [2.45, 2.75) is 18.9 Å². The molecule has 7 heteroatoms. The van der Waals surface area contributed by atoms with E-state index >= 15 is 0 Å². The van der Waals surface area contributed by atoms with Gasteiger partial charge in [0.25, 0.3) is 5.91 Å². The summed E-state index contributed by atoms with van der Waals surface area (Å²) >= 11 is 0. The molecule has 134 valence electrons. The molecule has 26 heavy (non-hydrogen) atoms. The highest BCUT2D eigenvalue weighted by Gasteiger charge is 2.36. The molecule has 1 aliphatic heterocycles. The number of imidazole rings is 1. The number of hydrogen-bond acceptors (Lipinski definition) is 4. The topological polar surface area (TPSA) is 60.2 Å². The van der Waals surface area contributed by atoms with Gasteiger partial charge >= 0.3 is 0 Å². The Bertz CT molecular complexity index is 928. The largest absolute Gasteiger partial charge is 0.365 e. The Labute approximate surface area is 150 Å². The van der Waals surface area contributed by atoms with Crippen molar-refractivity contribution in [2.75, 3.05) is 13.1 Å². The van der Waals surface area contributed by atoms with E-state index in [1.54, 1.807) is 18.3 Å². The van der Waals surface area contributed by atoms with Crippen molar-refractivity contribution in [1.29, 1.82) is 0 Å². The average molecular weight is 354 g/mol. The van der Waals surface area contributed by atoms with Crippen LogP contribution in [-0.4, -0.2) is 50.7 Å². The molecular weight excluding hydrogens is 335 g/mol. The summed E-state index contributed by atoms with van der Waals surface area (Å²) in [6, 6.07) is 11.2. The van der Waals surface area contributed by atoms with Crippen molar-refractivity contribution in [3.63, 3.8) is 0 Å². The van der Waals surface area contributed by atoms with E-state index in [0.29, 0.717) is 5.56 Å². The molecule has 3 heterocycles. The number of para-hydroxylation sites is 2. The molecule has 0 saturated carbocycles. The Morgan fingerprint density at radius 1 is 1.27 bits per heavy atom. The number of carbonyl (C=O) groups excluding carboxylic acids is 1. The minimum absolute atomic E-state index is 0.0287. The molecule has 0 unspecified atom stereocenters. The van der Waals surface area contributed by atoms with Crippen LogP contribution in [0.2, 0.25) is 0 Å². The van der Waals surface area contributed by atoms with Crippen LogP contribution < -0.4 is 0 Å². The molecule has 3 aromatic rings. The Morgan fingerprint density at radius 2 is 2.12 bits per heavy atom. The summed E-state index contributed by atoms with van der Waals surface area (Å²) in [6.07, 6.45) is 1.21. The van der Waals surface area contributed by atoms with Gasteiger partial charge in [0, 0.05) is 19.4 Å². The molecule has 0 radical (unpaired) electrons. The van der Waals surface area contributed by atoms with Crippen LogP contribution in [-0.2, 0) is 18.4 Å². The van der Waals surface area contributed by atoms with Gasteiger partial charge in [-0.05, 0) is 24.3 Å². The Kier molecular flexibility index (Phi) is 4.38. The number of benzene rings is 1. The average Bonchev–Trinajstić information content (AvgIpc) is 3.20. The van der Waals surface area contributed by atoms with Crippen LogP contribution in [0, 0.1) is 0 Å². The summed E-state index contributed by atoms with van der Waals surface area (Å²) in [5.41, 5.74) is 2.34. The number of carbonyl (C=O) groups is 1. The third-order valence-electron chi connectivity index (χ3n) is 4.70. The van der Waals surface area contributed by atoms with E-state index in [-0.39, 0.29) is 25.6 Å². The van der Waals surface area contributed by atoms with Crippen molar-refractivity contribution < 1.29 is 13.9 Å². The summed E-state index contributed by atoms with van der Waals surface area (Å²) in [7, 11) is 1.91. The lowest BCUT2D eigenvalue weighted by molar-refractivity contribution is 0.00774. The van der Waals surface area contributed by atoms with Gasteiger partial charge in [0.1, 0.15) is 24.7 Å². The second-order valence-corrected chi connectivity index (χ2v) is 6.39. The van der Waals surface area contributed by atoms with Crippen LogP contribution >= 0.6 is 0 Å². The molecule has 1 aliphatic rings. The standard InChI is InChI=1S/C19H19FN4O2/c1-23-16-7-3-2-6-15(16)22-18(23)12-26-17-11-24(10-14(17)20)19(25)13-5-4-8-21-9-13/h2-9,14,17H,10-12H2,1H3/t14-,17+/m1/s1. The second kappa shape index (κ2) is 6.84. The molecule has 1 amide bonds. The lowest BCUT2D eigenvalue weighted by Gasteiger charge is -2.16. The van der Waals surface area contributed by atoms with Gasteiger partial charge in [-0.3, -0.25) is 9.78 Å². The number of fused-ring (bicyclic) bond motifs is 1. The van der Waals surface area contributed by atoms with Crippen LogP contribution in [0.3, 0.4) is 0 Å². The maximum absolute atomic E-state index is 14.4. The SMILES string of the molecule is Cn1c(CO[C@H]2CN(C(=O)c3cccnc3)C[C@H]2F)nc2ccccc21. The Balaban J connectivity index is 1.42. The highest BCUT2D eigenvalue weighted by atomic mass is 19.1. The van der Waals surface area contributed by atoms with Crippen LogP contribution in [0.15, 0.2) is 48.8 Å². The van der Waals surface area contributed by atoms with Crippen LogP contribution in [0.5, 0.6) is 0 Å². The number of hydrogen-bond donors (Lipinski definition) is 0. The number of rotatable bonds is 4. The molecule has 4 rings (SSSR count). The first-order valence-electron chi connectivity index (χ1n) is 8.49. The number of amides is 1. The zero-order valence-electron chi connectivity index (χ0n) is 14.4. The third kappa shape index (κ3) is 3.06. The fraction of sp³-hybridized carbons (Fsp3) is 0.316. The monoisotopic (exact) mass is 354 g/mol. The van der Waals surface area contributed by atoms with E-state index in [4.69, 9.17) is 4.74 Å². The fourth-order valence-electron chi connectivity index (χ4n) is 3.24. The number of alkyl halides is 1. The first-order valence-corrected chi connectivity index (χ1v) is 8.49. The van der Waals surface area contributed by atoms with Crippen LogP contribution in [0.25, 0.3) is 11.0 Å². The zero-order valence-corrected chi connectivity index (χ0v) is 14.4. The van der Waals surface area contributed by atoms with E-state index in [2.05, 4.69) is 9.97 Å². The predicted molar refractivity (Wildman–Crippen MR) is 94.3 cm³/mol. The van der Waals surface area contributed by atoms with Gasteiger partial charge in [0.05, 0.1) is 29.7 Å². The lowest BCUT2D eigenvalue weighted by Crippen LogP contribution is -2.30. The molecule has 2 atom stereocenters. The van der Waals surface area contributed by atoms with E-state index in [1.165, 1.54) is 11.1 Å². The highest BCUT2D eigenvalue weighted by molar-refractivity contribution is 5.94. The van der Waals surface area contributed by atoms with Crippen molar-refractivity contribution in [2.24, 2.45) is 7.05 Å². The maximum atomic E-state index is 14.4. The Hall–Kier alpha value is -2.80. The number of aryl methyl sites for hydroxylation is 1. The van der Waals surface area contributed by atoms with Gasteiger partial charge in [-0.1, -0.05) is 12.1 Å². The van der Waals surface area contributed by atoms with Crippen molar-refractivity contribution in [3.05, 3.63) is 60.2 Å². The molecule has 0 spiro atoms. The van der Waals surface area contributed by atoms with E-state index in [0.717, 1.165) is 16.9 Å².